The molecule has 1 atom stereocenters. The molecule has 0 aromatic carbocycles. The SMILES string of the molecule is COC(=O)c1cncc(OC(Br)C(F)(F)F)c1. The van der Waals surface area contributed by atoms with Crippen molar-refractivity contribution in [1.29, 1.82) is 0 Å². The van der Waals surface area contributed by atoms with Gasteiger partial charge in [0.15, 0.2) is 0 Å². The molecule has 1 rings (SSSR count). The molecule has 1 unspecified atom stereocenters. The number of pyridine rings is 1. The van der Waals surface area contributed by atoms with Crippen LogP contribution in [0.2, 0.25) is 0 Å². The van der Waals surface area contributed by atoms with Gasteiger partial charge in [-0.1, -0.05) is 0 Å². The van der Waals surface area contributed by atoms with Crippen molar-refractivity contribution < 1.29 is 27.4 Å². The molecule has 0 N–H and O–H groups in total. The minimum absolute atomic E-state index is 0.00637. The fraction of sp³-hybridized carbons (Fsp3) is 0.333. The Hall–Kier alpha value is -1.31. The predicted molar refractivity (Wildman–Crippen MR) is 55.0 cm³/mol. The molecule has 0 bridgehead atoms. The van der Waals surface area contributed by atoms with Gasteiger partial charge >= 0.3 is 12.1 Å². The Labute approximate surface area is 103 Å². The van der Waals surface area contributed by atoms with E-state index in [1.54, 1.807) is 0 Å². The summed E-state index contributed by atoms with van der Waals surface area (Å²) >= 11 is 2.32. The smallest absolute Gasteiger partial charge is 0.435 e. The first-order valence-electron chi connectivity index (χ1n) is 4.25. The van der Waals surface area contributed by atoms with E-state index in [-0.39, 0.29) is 11.3 Å². The van der Waals surface area contributed by atoms with Crippen molar-refractivity contribution in [3.8, 4) is 5.75 Å². The fourth-order valence-corrected chi connectivity index (χ4v) is 1.11. The van der Waals surface area contributed by atoms with Crippen molar-refractivity contribution in [3.05, 3.63) is 24.0 Å². The molecule has 0 saturated heterocycles. The third-order valence-corrected chi connectivity index (χ3v) is 2.34. The molecule has 0 aliphatic rings. The highest BCUT2D eigenvalue weighted by molar-refractivity contribution is 9.09. The zero-order valence-corrected chi connectivity index (χ0v) is 10.1. The topological polar surface area (TPSA) is 48.4 Å². The second-order valence-corrected chi connectivity index (χ2v) is 3.71. The summed E-state index contributed by atoms with van der Waals surface area (Å²) in [6.45, 7) is 0. The van der Waals surface area contributed by atoms with E-state index in [4.69, 9.17) is 0 Å². The van der Waals surface area contributed by atoms with Crippen LogP contribution in [0, 0.1) is 0 Å². The van der Waals surface area contributed by atoms with Crippen LogP contribution in [0.5, 0.6) is 5.75 Å². The first-order valence-corrected chi connectivity index (χ1v) is 5.17. The minimum atomic E-state index is -4.55. The third kappa shape index (κ3) is 3.88. The van der Waals surface area contributed by atoms with E-state index in [0.29, 0.717) is 0 Å². The molecule has 1 aromatic rings. The van der Waals surface area contributed by atoms with Crippen LogP contribution in [-0.2, 0) is 4.74 Å². The van der Waals surface area contributed by atoms with E-state index < -0.39 is 17.2 Å². The van der Waals surface area contributed by atoms with Gasteiger partial charge in [-0.2, -0.15) is 13.2 Å². The van der Waals surface area contributed by atoms with Crippen molar-refractivity contribution in [1.82, 2.24) is 4.98 Å². The van der Waals surface area contributed by atoms with E-state index in [1.807, 2.05) is 0 Å². The largest absolute Gasteiger partial charge is 0.468 e. The van der Waals surface area contributed by atoms with Crippen molar-refractivity contribution in [3.63, 3.8) is 0 Å². The monoisotopic (exact) mass is 313 g/mol. The second-order valence-electron chi connectivity index (χ2n) is 2.88. The standard InChI is InChI=1S/C9H7BrF3NO3/c1-16-7(15)5-2-6(4-14-3-5)17-8(10)9(11,12)13/h2-4,8H,1H3. The molecule has 17 heavy (non-hydrogen) atoms. The third-order valence-electron chi connectivity index (χ3n) is 1.63. The van der Waals surface area contributed by atoms with Crippen molar-refractivity contribution in [2.24, 2.45) is 0 Å². The van der Waals surface area contributed by atoms with E-state index in [9.17, 15) is 18.0 Å². The summed E-state index contributed by atoms with van der Waals surface area (Å²) in [5.41, 5.74) is 0.00637. The number of hydrogen-bond donors (Lipinski definition) is 0. The van der Waals surface area contributed by atoms with Crippen molar-refractivity contribution in [2.45, 2.75) is 11.2 Å². The Morgan fingerprint density at radius 3 is 2.65 bits per heavy atom. The van der Waals surface area contributed by atoms with Gasteiger partial charge in [0.2, 0.25) is 5.01 Å². The predicted octanol–water partition coefficient (Wildman–Crippen LogP) is 2.53. The maximum absolute atomic E-state index is 12.2. The highest BCUT2D eigenvalue weighted by Crippen LogP contribution is 2.28. The number of ether oxygens (including phenoxy) is 2. The lowest BCUT2D eigenvalue weighted by Crippen LogP contribution is -2.28. The number of rotatable bonds is 3. The van der Waals surface area contributed by atoms with Crippen LogP contribution in [0.1, 0.15) is 10.4 Å². The van der Waals surface area contributed by atoms with Crippen LogP contribution in [0.3, 0.4) is 0 Å². The average molecular weight is 314 g/mol. The maximum Gasteiger partial charge on any atom is 0.435 e. The number of aromatic nitrogens is 1. The van der Waals surface area contributed by atoms with Gasteiger partial charge in [0.05, 0.1) is 18.9 Å². The molecule has 94 valence electrons. The lowest BCUT2D eigenvalue weighted by atomic mass is 10.3. The highest BCUT2D eigenvalue weighted by atomic mass is 79.9. The van der Waals surface area contributed by atoms with Crippen LogP contribution in [-0.4, -0.2) is 29.3 Å². The second kappa shape index (κ2) is 5.35. The van der Waals surface area contributed by atoms with E-state index in [2.05, 4.69) is 30.4 Å². The molecule has 1 aromatic heterocycles. The van der Waals surface area contributed by atoms with Gasteiger partial charge in [0, 0.05) is 6.20 Å². The van der Waals surface area contributed by atoms with E-state index >= 15 is 0 Å². The number of hydrogen-bond acceptors (Lipinski definition) is 4. The summed E-state index contributed by atoms with van der Waals surface area (Å²) in [7, 11) is 1.15. The summed E-state index contributed by atoms with van der Waals surface area (Å²) in [4.78, 5) is 14.7. The van der Waals surface area contributed by atoms with Crippen molar-refractivity contribution in [2.75, 3.05) is 7.11 Å². The summed E-state index contributed by atoms with van der Waals surface area (Å²) in [5, 5.41) is -2.16. The molecule has 4 nitrogen and oxygen atoms in total. The van der Waals surface area contributed by atoms with Crippen LogP contribution in [0.15, 0.2) is 18.5 Å². The lowest BCUT2D eigenvalue weighted by molar-refractivity contribution is -0.164. The molecule has 0 aliphatic carbocycles. The van der Waals surface area contributed by atoms with Gasteiger partial charge in [-0.3, -0.25) is 4.98 Å². The van der Waals surface area contributed by atoms with E-state index in [1.165, 1.54) is 0 Å². The number of esters is 1. The normalized spacial score (nSPS) is 13.0. The van der Waals surface area contributed by atoms with Gasteiger partial charge in [0.1, 0.15) is 5.75 Å². The minimum Gasteiger partial charge on any atom is -0.468 e. The Bertz CT molecular complexity index is 411. The van der Waals surface area contributed by atoms with Gasteiger partial charge in [-0.25, -0.2) is 4.79 Å². The van der Waals surface area contributed by atoms with Crippen LogP contribution < -0.4 is 4.74 Å². The van der Waals surface area contributed by atoms with Gasteiger partial charge < -0.3 is 9.47 Å². The molecule has 8 heteroatoms. The Morgan fingerprint density at radius 2 is 2.12 bits per heavy atom. The summed E-state index contributed by atoms with van der Waals surface area (Å²) in [5.74, 6) is -0.895. The zero-order chi connectivity index (χ0) is 13.1. The first-order chi connectivity index (χ1) is 7.84. The average Bonchev–Trinajstić information content (AvgIpc) is 2.27. The molecule has 1 heterocycles. The molecular formula is C9H7BrF3NO3. The van der Waals surface area contributed by atoms with E-state index in [0.717, 1.165) is 25.6 Å². The number of carbonyl (C=O) groups excluding carboxylic acids is 1. The Balaban J connectivity index is 2.83. The number of nitrogens with zero attached hydrogens (tertiary/aromatic N) is 1. The molecule has 0 saturated carbocycles. The number of halogens is 4. The zero-order valence-electron chi connectivity index (χ0n) is 8.49. The molecular weight excluding hydrogens is 307 g/mol. The summed E-state index contributed by atoms with van der Waals surface area (Å²) in [6.07, 6.45) is -2.33. The summed E-state index contributed by atoms with van der Waals surface area (Å²) < 4.78 is 45.5. The molecule has 0 fully saturated rings. The lowest BCUT2D eigenvalue weighted by Gasteiger charge is -2.15. The molecule has 0 aliphatic heterocycles. The highest BCUT2D eigenvalue weighted by Gasteiger charge is 2.40. The van der Waals surface area contributed by atoms with Gasteiger partial charge in [0.25, 0.3) is 0 Å². The number of alkyl halides is 4. The number of carbonyl (C=O) groups is 1. The quantitative estimate of drug-likeness (QED) is 0.635. The molecule has 0 spiro atoms. The van der Waals surface area contributed by atoms with Crippen LogP contribution >= 0.6 is 15.9 Å². The van der Waals surface area contributed by atoms with Crippen molar-refractivity contribution >= 4 is 21.9 Å². The van der Waals surface area contributed by atoms with Gasteiger partial charge in [-0.05, 0) is 22.0 Å². The summed E-state index contributed by atoms with van der Waals surface area (Å²) in [6, 6.07) is 1.11. The Kier molecular flexibility index (Phi) is 4.33. The Morgan fingerprint density at radius 1 is 1.47 bits per heavy atom. The molecule has 0 amide bonds. The first kappa shape index (κ1) is 13.8. The maximum atomic E-state index is 12.2. The van der Waals surface area contributed by atoms with Crippen LogP contribution in [0.25, 0.3) is 0 Å². The van der Waals surface area contributed by atoms with Crippen LogP contribution in [0.4, 0.5) is 13.2 Å². The fourth-order valence-electron chi connectivity index (χ4n) is 0.899. The number of methoxy groups -OCH3 is 1. The molecule has 0 radical (unpaired) electrons. The van der Waals surface area contributed by atoms with Gasteiger partial charge in [-0.15, -0.1) is 0 Å².